The highest BCUT2D eigenvalue weighted by Gasteiger charge is 2.10. The molecule has 0 unspecified atom stereocenters. The number of hydrogen-bond donors (Lipinski definition) is 3. The van der Waals surface area contributed by atoms with Crippen LogP contribution in [0.3, 0.4) is 0 Å². The van der Waals surface area contributed by atoms with E-state index < -0.39 is 11.7 Å². The molecule has 2 amide bonds. The molecule has 9 heteroatoms. The number of benzene rings is 1. The van der Waals surface area contributed by atoms with E-state index in [1.807, 2.05) is 0 Å². The molecule has 1 heterocycles. The number of nitrogens with two attached hydrogens (primary N) is 1. The van der Waals surface area contributed by atoms with E-state index in [0.29, 0.717) is 18.1 Å². The minimum absolute atomic E-state index is 0.0400. The van der Waals surface area contributed by atoms with Gasteiger partial charge in [-0.05, 0) is 12.1 Å². The Bertz CT molecular complexity index is 691. The molecule has 0 fully saturated rings. The van der Waals surface area contributed by atoms with Crippen LogP contribution in [0.4, 0.5) is 9.52 Å². The summed E-state index contributed by atoms with van der Waals surface area (Å²) in [5.41, 5.74) is 5.41. The normalized spacial score (nSPS) is 10.3. The van der Waals surface area contributed by atoms with E-state index in [0.717, 1.165) is 5.01 Å². The maximum Gasteiger partial charge on any atom is 0.254 e. The molecule has 122 valence electrons. The van der Waals surface area contributed by atoms with Crippen molar-refractivity contribution in [2.45, 2.75) is 12.8 Å². The molecule has 1 aromatic heterocycles. The van der Waals surface area contributed by atoms with Crippen molar-refractivity contribution in [3.63, 3.8) is 0 Å². The molecule has 0 spiro atoms. The summed E-state index contributed by atoms with van der Waals surface area (Å²) < 4.78 is 13.4. The lowest BCUT2D eigenvalue weighted by Crippen LogP contribution is -2.32. The predicted molar refractivity (Wildman–Crippen MR) is 84.4 cm³/mol. The average Bonchev–Trinajstić information content (AvgIpc) is 2.93. The molecule has 2 rings (SSSR count). The van der Waals surface area contributed by atoms with Crippen molar-refractivity contribution < 1.29 is 14.0 Å². The van der Waals surface area contributed by atoms with Crippen LogP contribution in [0.2, 0.25) is 0 Å². The number of nitrogens with zero attached hydrogens (tertiary/aromatic N) is 2. The molecule has 0 bridgehead atoms. The second kappa shape index (κ2) is 8.18. The fraction of sp³-hybridized carbons (Fsp3) is 0.286. The minimum Gasteiger partial charge on any atom is -0.374 e. The van der Waals surface area contributed by atoms with Gasteiger partial charge in [-0.15, -0.1) is 10.2 Å². The molecule has 1 aromatic carbocycles. The van der Waals surface area contributed by atoms with Gasteiger partial charge in [0.05, 0.1) is 5.56 Å². The molecule has 7 nitrogen and oxygen atoms in total. The van der Waals surface area contributed by atoms with E-state index in [-0.39, 0.29) is 24.4 Å². The fourth-order valence-electron chi connectivity index (χ4n) is 1.79. The van der Waals surface area contributed by atoms with Gasteiger partial charge in [-0.3, -0.25) is 9.59 Å². The zero-order valence-electron chi connectivity index (χ0n) is 12.2. The van der Waals surface area contributed by atoms with Crippen molar-refractivity contribution in [3.05, 3.63) is 40.7 Å². The summed E-state index contributed by atoms with van der Waals surface area (Å²) in [5, 5.41) is 13.9. The van der Waals surface area contributed by atoms with E-state index in [9.17, 15) is 14.0 Å². The van der Waals surface area contributed by atoms with E-state index in [1.165, 1.54) is 29.5 Å². The fourth-order valence-corrected chi connectivity index (χ4v) is 2.40. The number of anilines is 1. The van der Waals surface area contributed by atoms with Crippen LogP contribution in [0, 0.1) is 5.82 Å². The molecular weight excluding hydrogens is 321 g/mol. The zero-order valence-corrected chi connectivity index (χ0v) is 13.0. The largest absolute Gasteiger partial charge is 0.374 e. The molecule has 0 atom stereocenters. The minimum atomic E-state index is -0.592. The maximum atomic E-state index is 13.4. The van der Waals surface area contributed by atoms with Crippen molar-refractivity contribution in [1.82, 2.24) is 20.8 Å². The first kappa shape index (κ1) is 16.8. The van der Waals surface area contributed by atoms with Crippen LogP contribution in [0.25, 0.3) is 0 Å². The Balaban J connectivity index is 1.65. The zero-order chi connectivity index (χ0) is 16.7. The molecule has 0 aliphatic carbocycles. The third-order valence-electron chi connectivity index (χ3n) is 2.90. The molecular formula is C14H16FN5O2S. The van der Waals surface area contributed by atoms with E-state index in [1.54, 1.807) is 6.07 Å². The first-order chi connectivity index (χ1) is 11.1. The Morgan fingerprint density at radius 2 is 1.96 bits per heavy atom. The lowest BCUT2D eigenvalue weighted by atomic mass is 10.2. The van der Waals surface area contributed by atoms with Gasteiger partial charge in [0.2, 0.25) is 11.0 Å². The van der Waals surface area contributed by atoms with Crippen LogP contribution in [-0.2, 0) is 11.2 Å². The lowest BCUT2D eigenvalue weighted by molar-refractivity contribution is -0.120. The summed E-state index contributed by atoms with van der Waals surface area (Å²) in [6, 6.07) is 5.68. The topological polar surface area (TPSA) is 110 Å². The third-order valence-corrected chi connectivity index (χ3v) is 3.71. The average molecular weight is 337 g/mol. The highest BCUT2D eigenvalue weighted by atomic mass is 32.1. The summed E-state index contributed by atoms with van der Waals surface area (Å²) >= 11 is 1.27. The molecule has 0 radical (unpaired) electrons. The van der Waals surface area contributed by atoms with E-state index in [4.69, 9.17) is 5.73 Å². The van der Waals surface area contributed by atoms with Crippen molar-refractivity contribution in [2.75, 3.05) is 18.8 Å². The molecule has 2 aromatic rings. The first-order valence-corrected chi connectivity index (χ1v) is 7.75. The van der Waals surface area contributed by atoms with Gasteiger partial charge in [-0.25, -0.2) is 4.39 Å². The van der Waals surface area contributed by atoms with Gasteiger partial charge in [-0.2, -0.15) is 0 Å². The number of hydrogen-bond acceptors (Lipinski definition) is 6. The summed E-state index contributed by atoms with van der Waals surface area (Å²) in [5.74, 6) is -1.35. The van der Waals surface area contributed by atoms with Crippen molar-refractivity contribution in [1.29, 1.82) is 0 Å². The van der Waals surface area contributed by atoms with Crippen LogP contribution in [-0.4, -0.2) is 35.1 Å². The first-order valence-electron chi connectivity index (χ1n) is 6.93. The third kappa shape index (κ3) is 5.29. The number of carbonyl (C=O) groups excluding carboxylic acids is 2. The Kier molecular flexibility index (Phi) is 5.98. The van der Waals surface area contributed by atoms with Crippen LogP contribution in [0.15, 0.2) is 24.3 Å². The van der Waals surface area contributed by atoms with Gasteiger partial charge in [0.15, 0.2) is 0 Å². The summed E-state index contributed by atoms with van der Waals surface area (Å²) in [6.07, 6.45) is 0.653. The highest BCUT2D eigenvalue weighted by molar-refractivity contribution is 7.15. The Morgan fingerprint density at radius 1 is 1.17 bits per heavy atom. The molecule has 0 aliphatic rings. The highest BCUT2D eigenvalue weighted by Crippen LogP contribution is 2.10. The van der Waals surface area contributed by atoms with Crippen LogP contribution in [0.1, 0.15) is 21.8 Å². The van der Waals surface area contributed by atoms with Gasteiger partial charge in [0, 0.05) is 25.9 Å². The summed E-state index contributed by atoms with van der Waals surface area (Å²) in [7, 11) is 0. The van der Waals surface area contributed by atoms with Gasteiger partial charge in [0.25, 0.3) is 5.91 Å². The standard InChI is InChI=1S/C14H16FN5O2S/c15-10-4-2-1-3-9(10)13(22)18-7-5-11(21)17-8-6-12-19-20-14(16)23-12/h1-4H,5-8H2,(H2,16,20)(H,17,21)(H,18,22). The molecule has 0 saturated heterocycles. The Hall–Kier alpha value is -2.55. The van der Waals surface area contributed by atoms with Crippen LogP contribution in [0.5, 0.6) is 0 Å². The Morgan fingerprint density at radius 3 is 2.65 bits per heavy atom. The number of amides is 2. The van der Waals surface area contributed by atoms with Gasteiger partial charge < -0.3 is 16.4 Å². The monoisotopic (exact) mass is 337 g/mol. The molecule has 4 N–H and O–H groups in total. The number of halogens is 1. The number of carbonyl (C=O) groups is 2. The number of nitrogen functional groups attached to an aromatic ring is 1. The number of rotatable bonds is 7. The van der Waals surface area contributed by atoms with Crippen molar-refractivity contribution in [3.8, 4) is 0 Å². The van der Waals surface area contributed by atoms with Crippen LogP contribution < -0.4 is 16.4 Å². The quantitative estimate of drug-likeness (QED) is 0.690. The van der Waals surface area contributed by atoms with E-state index in [2.05, 4.69) is 20.8 Å². The number of nitrogens with one attached hydrogen (secondary N) is 2. The SMILES string of the molecule is Nc1nnc(CCNC(=O)CCNC(=O)c2ccccc2F)s1. The molecule has 23 heavy (non-hydrogen) atoms. The van der Waals surface area contributed by atoms with Gasteiger partial charge >= 0.3 is 0 Å². The van der Waals surface area contributed by atoms with Crippen molar-refractivity contribution >= 4 is 28.3 Å². The number of aromatic nitrogens is 2. The Labute approximate surface area is 136 Å². The van der Waals surface area contributed by atoms with Gasteiger partial charge in [-0.1, -0.05) is 23.5 Å². The summed E-state index contributed by atoms with van der Waals surface area (Å²) in [4.78, 5) is 23.4. The van der Waals surface area contributed by atoms with Crippen LogP contribution >= 0.6 is 11.3 Å². The molecule has 0 aliphatic heterocycles. The molecule has 0 saturated carbocycles. The smallest absolute Gasteiger partial charge is 0.254 e. The lowest BCUT2D eigenvalue weighted by Gasteiger charge is -2.06. The second-order valence-corrected chi connectivity index (χ2v) is 5.71. The van der Waals surface area contributed by atoms with Gasteiger partial charge in [0.1, 0.15) is 10.8 Å². The van der Waals surface area contributed by atoms with E-state index >= 15 is 0 Å². The second-order valence-electron chi connectivity index (χ2n) is 4.62. The maximum absolute atomic E-state index is 13.4. The summed E-state index contributed by atoms with van der Waals surface area (Å²) in [6.45, 7) is 0.541. The van der Waals surface area contributed by atoms with Crippen molar-refractivity contribution in [2.24, 2.45) is 0 Å². The predicted octanol–water partition coefficient (Wildman–Crippen LogP) is 0.738.